The van der Waals surface area contributed by atoms with E-state index in [1.165, 1.54) is 16.7 Å². The number of amides is 2. The number of carbonyl (C=O) groups excluding carboxylic acids is 3. The first-order valence-corrected chi connectivity index (χ1v) is 10.6. The molecule has 7 nitrogen and oxygen atoms in total. The van der Waals surface area contributed by atoms with Crippen LogP contribution in [0.3, 0.4) is 0 Å². The molecule has 144 valence electrons. The predicted molar refractivity (Wildman–Crippen MR) is 97.5 cm³/mol. The van der Waals surface area contributed by atoms with Gasteiger partial charge in [-0.3, -0.25) is 14.4 Å². The van der Waals surface area contributed by atoms with Gasteiger partial charge < -0.3 is 20.0 Å². The number of hydrogen-bond acceptors (Lipinski definition) is 6. The fourth-order valence-corrected chi connectivity index (χ4v) is 6.70. The predicted octanol–water partition coefficient (Wildman–Crippen LogP) is -0.173. The van der Waals surface area contributed by atoms with Crippen molar-refractivity contribution >= 4 is 29.4 Å². The number of fused-ring (bicyclic) bond motifs is 6. The van der Waals surface area contributed by atoms with Crippen molar-refractivity contribution in [3.05, 3.63) is 23.8 Å². The summed E-state index contributed by atoms with van der Waals surface area (Å²) in [4.78, 5) is 41.6. The van der Waals surface area contributed by atoms with E-state index in [0.717, 1.165) is 5.57 Å². The maximum atomic E-state index is 13.7. The first-order chi connectivity index (χ1) is 12.9. The van der Waals surface area contributed by atoms with E-state index in [0.29, 0.717) is 19.3 Å². The number of Topliss-reactive ketones (excluding diaryl/α,β-unsaturated/α-hetero) is 1. The zero-order chi connectivity index (χ0) is 19.1. The molecule has 0 aromatic heterocycles. The lowest BCUT2D eigenvalue weighted by Gasteiger charge is -2.50. The molecule has 0 spiro atoms. The maximum Gasteiger partial charge on any atom is 0.260 e. The van der Waals surface area contributed by atoms with Gasteiger partial charge in [0.05, 0.1) is 24.3 Å². The standard InChI is InChI=1S/C19H22N2O5S/c1-27-19-8-9-3-2-4-13(23)15(9)21(19)17(25)11-7-10-12(22)5-6-14(24)16(10)20(11)18(19)26/h2-4,10-11,13-16,23-24H,5-8H2,1H3/t10-,11+,13+,14-,15+,16-,19-/m1/s1. The SMILES string of the molecule is CS[C@@]12CC3=CC=C[C@H](O)[C@H]3N1C(=O)[C@@H]1C[C@@H]3C(=O)CC[C@@H](O)[C@@H]3N1C2=O. The lowest BCUT2D eigenvalue weighted by Crippen LogP contribution is -2.71. The molecule has 0 bridgehead atoms. The molecule has 2 aliphatic carbocycles. The Kier molecular flexibility index (Phi) is 3.68. The largest absolute Gasteiger partial charge is 0.391 e. The molecule has 2 N–H and O–H groups in total. The summed E-state index contributed by atoms with van der Waals surface area (Å²) < 4.78 is 0. The molecule has 5 aliphatic rings. The summed E-state index contributed by atoms with van der Waals surface area (Å²) in [6, 6.07) is -1.88. The molecule has 8 heteroatoms. The smallest absolute Gasteiger partial charge is 0.260 e. The number of thioether (sulfide) groups is 1. The van der Waals surface area contributed by atoms with Gasteiger partial charge in [-0.05, 0) is 24.7 Å². The Balaban J connectivity index is 1.62. The van der Waals surface area contributed by atoms with E-state index in [1.807, 2.05) is 6.08 Å². The molecule has 0 unspecified atom stereocenters. The van der Waals surface area contributed by atoms with Crippen LogP contribution >= 0.6 is 11.8 Å². The third kappa shape index (κ3) is 2.04. The Morgan fingerprint density at radius 1 is 1.26 bits per heavy atom. The van der Waals surface area contributed by atoms with Crippen molar-refractivity contribution in [2.75, 3.05) is 6.26 Å². The fraction of sp³-hybridized carbons (Fsp3) is 0.632. The van der Waals surface area contributed by atoms with Gasteiger partial charge in [0.15, 0.2) is 4.87 Å². The third-order valence-electron chi connectivity index (χ3n) is 6.90. The van der Waals surface area contributed by atoms with Crippen molar-refractivity contribution in [1.29, 1.82) is 0 Å². The number of aliphatic hydroxyl groups excluding tert-OH is 2. The first-order valence-electron chi connectivity index (χ1n) is 9.38. The van der Waals surface area contributed by atoms with Crippen molar-refractivity contribution in [1.82, 2.24) is 9.80 Å². The van der Waals surface area contributed by atoms with Crippen LogP contribution in [-0.4, -0.2) is 79.1 Å². The number of ketones is 1. The van der Waals surface area contributed by atoms with E-state index >= 15 is 0 Å². The van der Waals surface area contributed by atoms with Gasteiger partial charge in [-0.15, -0.1) is 11.8 Å². The zero-order valence-corrected chi connectivity index (χ0v) is 15.8. The normalized spacial score (nSPS) is 45.4. The molecule has 0 aromatic rings. The summed E-state index contributed by atoms with van der Waals surface area (Å²) in [7, 11) is 0. The molecule has 3 saturated heterocycles. The van der Waals surface area contributed by atoms with Gasteiger partial charge in [0, 0.05) is 18.8 Å². The van der Waals surface area contributed by atoms with Gasteiger partial charge in [-0.1, -0.05) is 18.2 Å². The van der Waals surface area contributed by atoms with Crippen molar-refractivity contribution in [2.24, 2.45) is 5.92 Å². The maximum absolute atomic E-state index is 13.7. The van der Waals surface area contributed by atoms with Gasteiger partial charge >= 0.3 is 0 Å². The molecule has 0 radical (unpaired) electrons. The minimum Gasteiger partial charge on any atom is -0.391 e. The van der Waals surface area contributed by atoms with Gasteiger partial charge in [0.2, 0.25) is 5.91 Å². The van der Waals surface area contributed by atoms with Crippen LogP contribution in [0, 0.1) is 5.92 Å². The molecule has 4 fully saturated rings. The second-order valence-corrected chi connectivity index (χ2v) is 9.15. The molecule has 27 heavy (non-hydrogen) atoms. The minimum absolute atomic E-state index is 0.0277. The Morgan fingerprint density at radius 2 is 2.04 bits per heavy atom. The lowest BCUT2D eigenvalue weighted by molar-refractivity contribution is -0.167. The molecule has 3 heterocycles. The fourth-order valence-electron chi connectivity index (χ4n) is 5.71. The average molecular weight is 390 g/mol. The van der Waals surface area contributed by atoms with Crippen molar-refractivity contribution < 1.29 is 24.6 Å². The summed E-state index contributed by atoms with van der Waals surface area (Å²) in [5.74, 6) is -0.888. The molecule has 0 aromatic carbocycles. The molecule has 3 aliphatic heterocycles. The van der Waals surface area contributed by atoms with Crippen molar-refractivity contribution in [3.63, 3.8) is 0 Å². The highest BCUT2D eigenvalue weighted by Gasteiger charge is 2.68. The molecule has 7 atom stereocenters. The van der Waals surface area contributed by atoms with Crippen LogP contribution in [0.4, 0.5) is 0 Å². The zero-order valence-electron chi connectivity index (χ0n) is 14.9. The highest BCUT2D eigenvalue weighted by molar-refractivity contribution is 8.00. The van der Waals surface area contributed by atoms with E-state index in [-0.39, 0.29) is 24.0 Å². The molecular weight excluding hydrogens is 368 g/mol. The van der Waals surface area contributed by atoms with E-state index in [1.54, 1.807) is 23.3 Å². The Bertz CT molecular complexity index is 810. The topological polar surface area (TPSA) is 98.2 Å². The summed E-state index contributed by atoms with van der Waals surface area (Å²) in [6.07, 6.45) is 6.69. The van der Waals surface area contributed by atoms with Gasteiger partial charge in [0.25, 0.3) is 5.91 Å². The lowest BCUT2D eigenvalue weighted by atomic mass is 9.81. The van der Waals surface area contributed by atoms with Gasteiger partial charge in [0.1, 0.15) is 11.8 Å². The Labute approximate surface area is 161 Å². The Hall–Kier alpha value is -1.64. The summed E-state index contributed by atoms with van der Waals surface area (Å²) in [5, 5.41) is 21.1. The summed E-state index contributed by atoms with van der Waals surface area (Å²) in [6.45, 7) is 0. The van der Waals surface area contributed by atoms with Gasteiger partial charge in [-0.2, -0.15) is 0 Å². The Morgan fingerprint density at radius 3 is 2.78 bits per heavy atom. The van der Waals surface area contributed by atoms with Crippen molar-refractivity contribution in [3.8, 4) is 0 Å². The number of carbonyl (C=O) groups is 3. The van der Waals surface area contributed by atoms with Crippen LogP contribution in [-0.2, 0) is 14.4 Å². The number of rotatable bonds is 1. The molecule has 1 saturated carbocycles. The van der Waals surface area contributed by atoms with Crippen LogP contribution in [0.1, 0.15) is 25.7 Å². The molecular formula is C19H22N2O5S. The monoisotopic (exact) mass is 390 g/mol. The van der Waals surface area contributed by atoms with Crippen molar-refractivity contribution in [2.45, 2.75) is 60.9 Å². The summed E-state index contributed by atoms with van der Waals surface area (Å²) in [5.41, 5.74) is 0.874. The highest BCUT2D eigenvalue weighted by atomic mass is 32.2. The van der Waals surface area contributed by atoms with Crippen LogP contribution in [0.25, 0.3) is 0 Å². The summed E-state index contributed by atoms with van der Waals surface area (Å²) >= 11 is 1.30. The quantitative estimate of drug-likeness (QED) is 0.645. The third-order valence-corrected chi connectivity index (χ3v) is 8.09. The molecule has 5 rings (SSSR count). The van der Waals surface area contributed by atoms with Crippen LogP contribution in [0.5, 0.6) is 0 Å². The van der Waals surface area contributed by atoms with E-state index in [2.05, 4.69) is 0 Å². The first kappa shape index (κ1) is 17.5. The number of allylic oxidation sites excluding steroid dienone is 2. The highest BCUT2D eigenvalue weighted by Crippen LogP contribution is 2.54. The second-order valence-electron chi connectivity index (χ2n) is 8.07. The van der Waals surface area contributed by atoms with Gasteiger partial charge in [-0.25, -0.2) is 0 Å². The number of hydrogen-bond donors (Lipinski definition) is 2. The number of piperazine rings is 1. The average Bonchev–Trinajstić information content (AvgIpc) is 3.22. The number of aliphatic hydroxyl groups is 2. The van der Waals surface area contributed by atoms with Crippen LogP contribution in [0.15, 0.2) is 23.8 Å². The van der Waals surface area contributed by atoms with E-state index in [4.69, 9.17) is 0 Å². The second kappa shape index (κ2) is 5.68. The van der Waals surface area contributed by atoms with Crippen LogP contribution in [0.2, 0.25) is 0 Å². The van der Waals surface area contributed by atoms with E-state index in [9.17, 15) is 24.6 Å². The number of nitrogens with zero attached hydrogens (tertiary/aromatic N) is 2. The van der Waals surface area contributed by atoms with Crippen LogP contribution < -0.4 is 0 Å². The van der Waals surface area contributed by atoms with E-state index < -0.39 is 41.1 Å². The molecule has 2 amide bonds. The minimum atomic E-state index is -1.12.